The standard InChI is InChI=1S/C24H32N2O3S/c1-5-23(21-9-8-18(3)19(4)16-21)25-24(27)20-12-14-26(15-13-20)30(28,29)22-10-6-17(2)7-11-22/h6-11,16,20,23H,5,12-15H2,1-4H3,(H,25,27)/t23-/m1/s1. The van der Waals surface area contributed by atoms with Crippen LogP contribution >= 0.6 is 0 Å². The molecule has 1 amide bonds. The summed E-state index contributed by atoms with van der Waals surface area (Å²) in [5, 5.41) is 3.18. The monoisotopic (exact) mass is 428 g/mol. The molecule has 162 valence electrons. The van der Waals surface area contributed by atoms with Gasteiger partial charge in [-0.3, -0.25) is 4.79 Å². The number of carbonyl (C=O) groups excluding carboxylic acids is 1. The van der Waals surface area contributed by atoms with Crippen LogP contribution in [-0.2, 0) is 14.8 Å². The van der Waals surface area contributed by atoms with E-state index < -0.39 is 10.0 Å². The van der Waals surface area contributed by atoms with Crippen molar-refractivity contribution in [2.45, 2.75) is 57.9 Å². The lowest BCUT2D eigenvalue weighted by molar-refractivity contribution is -0.126. The first-order valence-corrected chi connectivity index (χ1v) is 12.1. The third-order valence-corrected chi connectivity index (χ3v) is 8.05. The summed E-state index contributed by atoms with van der Waals surface area (Å²) in [5.41, 5.74) is 4.60. The number of carbonyl (C=O) groups is 1. The van der Waals surface area contributed by atoms with E-state index in [2.05, 4.69) is 44.3 Å². The highest BCUT2D eigenvalue weighted by atomic mass is 32.2. The number of aryl methyl sites for hydroxylation is 3. The molecule has 0 saturated carbocycles. The minimum Gasteiger partial charge on any atom is -0.349 e. The van der Waals surface area contributed by atoms with Crippen molar-refractivity contribution in [2.24, 2.45) is 5.92 Å². The van der Waals surface area contributed by atoms with Gasteiger partial charge >= 0.3 is 0 Å². The van der Waals surface area contributed by atoms with Crippen molar-refractivity contribution in [3.63, 3.8) is 0 Å². The molecule has 1 heterocycles. The second-order valence-corrected chi connectivity index (χ2v) is 10.2. The highest BCUT2D eigenvalue weighted by Gasteiger charge is 2.32. The molecule has 1 aliphatic heterocycles. The number of amides is 1. The summed E-state index contributed by atoms with van der Waals surface area (Å²) in [7, 11) is -3.51. The zero-order valence-electron chi connectivity index (χ0n) is 18.3. The van der Waals surface area contributed by atoms with Gasteiger partial charge in [-0.2, -0.15) is 4.31 Å². The summed E-state index contributed by atoms with van der Waals surface area (Å²) < 4.78 is 27.2. The Morgan fingerprint density at radius 3 is 2.23 bits per heavy atom. The predicted molar refractivity (Wildman–Crippen MR) is 120 cm³/mol. The van der Waals surface area contributed by atoms with E-state index in [1.54, 1.807) is 12.1 Å². The van der Waals surface area contributed by atoms with Crippen molar-refractivity contribution in [1.29, 1.82) is 0 Å². The molecule has 0 aromatic heterocycles. The number of nitrogens with zero attached hydrogens (tertiary/aromatic N) is 1. The highest BCUT2D eigenvalue weighted by Crippen LogP contribution is 2.26. The maximum absolute atomic E-state index is 12.9. The van der Waals surface area contributed by atoms with Crippen molar-refractivity contribution in [3.8, 4) is 0 Å². The van der Waals surface area contributed by atoms with Crippen LogP contribution in [0.4, 0.5) is 0 Å². The highest BCUT2D eigenvalue weighted by molar-refractivity contribution is 7.89. The quantitative estimate of drug-likeness (QED) is 0.747. The van der Waals surface area contributed by atoms with E-state index in [4.69, 9.17) is 0 Å². The lowest BCUT2D eigenvalue weighted by Crippen LogP contribution is -2.43. The zero-order valence-corrected chi connectivity index (χ0v) is 19.1. The molecule has 1 fully saturated rings. The van der Waals surface area contributed by atoms with Gasteiger partial charge < -0.3 is 5.32 Å². The first-order chi connectivity index (χ1) is 14.2. The van der Waals surface area contributed by atoms with Gasteiger partial charge in [0.05, 0.1) is 10.9 Å². The van der Waals surface area contributed by atoms with Crippen LogP contribution in [0.5, 0.6) is 0 Å². The van der Waals surface area contributed by atoms with Gasteiger partial charge in [0.15, 0.2) is 0 Å². The molecular formula is C24H32N2O3S. The van der Waals surface area contributed by atoms with E-state index in [-0.39, 0.29) is 17.9 Å². The summed E-state index contributed by atoms with van der Waals surface area (Å²) in [6.45, 7) is 8.90. The summed E-state index contributed by atoms with van der Waals surface area (Å²) >= 11 is 0. The minimum absolute atomic E-state index is 0.0208. The molecule has 30 heavy (non-hydrogen) atoms. The van der Waals surface area contributed by atoms with Gasteiger partial charge in [0.1, 0.15) is 0 Å². The number of benzene rings is 2. The number of hydrogen-bond donors (Lipinski definition) is 1. The molecule has 2 aromatic carbocycles. The third kappa shape index (κ3) is 4.93. The van der Waals surface area contributed by atoms with Crippen LogP contribution < -0.4 is 5.32 Å². The Labute approximate surface area is 180 Å². The lowest BCUT2D eigenvalue weighted by atomic mass is 9.95. The average molecular weight is 429 g/mol. The maximum Gasteiger partial charge on any atom is 0.243 e. The molecule has 3 rings (SSSR count). The van der Waals surface area contributed by atoms with Crippen LogP contribution in [0.2, 0.25) is 0 Å². The molecule has 0 spiro atoms. The number of rotatable bonds is 6. The Morgan fingerprint density at radius 2 is 1.67 bits per heavy atom. The first kappa shape index (κ1) is 22.5. The van der Waals surface area contributed by atoms with Crippen LogP contribution in [0, 0.1) is 26.7 Å². The Bertz CT molecular complexity index is 992. The van der Waals surface area contributed by atoms with Gasteiger partial charge in [-0.1, -0.05) is 42.8 Å². The summed E-state index contributed by atoms with van der Waals surface area (Å²) in [6.07, 6.45) is 1.90. The molecule has 0 aliphatic carbocycles. The fourth-order valence-corrected chi connectivity index (χ4v) is 5.38. The van der Waals surface area contributed by atoms with Gasteiger partial charge in [-0.05, 0) is 68.9 Å². The van der Waals surface area contributed by atoms with Crippen LogP contribution in [0.3, 0.4) is 0 Å². The summed E-state index contributed by atoms with van der Waals surface area (Å²) in [5.74, 6) is -0.137. The van der Waals surface area contributed by atoms with Crippen LogP contribution in [0.25, 0.3) is 0 Å². The molecule has 2 aromatic rings. The molecule has 1 saturated heterocycles. The van der Waals surface area contributed by atoms with Crippen molar-refractivity contribution in [1.82, 2.24) is 9.62 Å². The maximum atomic E-state index is 12.9. The molecule has 1 N–H and O–H groups in total. The molecule has 0 bridgehead atoms. The number of nitrogens with one attached hydrogen (secondary N) is 1. The van der Waals surface area contributed by atoms with E-state index in [1.165, 1.54) is 15.4 Å². The van der Waals surface area contributed by atoms with Gasteiger partial charge in [0.2, 0.25) is 15.9 Å². The molecule has 0 radical (unpaired) electrons. The van der Waals surface area contributed by atoms with E-state index >= 15 is 0 Å². The average Bonchev–Trinajstić information content (AvgIpc) is 2.74. The smallest absolute Gasteiger partial charge is 0.243 e. The molecule has 5 nitrogen and oxygen atoms in total. The third-order valence-electron chi connectivity index (χ3n) is 6.14. The van der Waals surface area contributed by atoms with Crippen molar-refractivity contribution < 1.29 is 13.2 Å². The Hall–Kier alpha value is -2.18. The van der Waals surface area contributed by atoms with E-state index in [0.29, 0.717) is 30.8 Å². The molecule has 6 heteroatoms. The molecule has 1 atom stereocenters. The fourth-order valence-electron chi connectivity index (χ4n) is 3.91. The number of hydrogen-bond acceptors (Lipinski definition) is 3. The van der Waals surface area contributed by atoms with E-state index in [9.17, 15) is 13.2 Å². The summed E-state index contributed by atoms with van der Waals surface area (Å²) in [6, 6.07) is 13.2. The zero-order chi connectivity index (χ0) is 21.9. The van der Waals surface area contributed by atoms with Gasteiger partial charge in [-0.15, -0.1) is 0 Å². The van der Waals surface area contributed by atoms with E-state index in [0.717, 1.165) is 17.5 Å². The lowest BCUT2D eigenvalue weighted by Gasteiger charge is -2.31. The van der Waals surface area contributed by atoms with Crippen molar-refractivity contribution >= 4 is 15.9 Å². The Balaban J connectivity index is 1.61. The largest absolute Gasteiger partial charge is 0.349 e. The molecular weight excluding hydrogens is 396 g/mol. The molecule has 0 unspecified atom stereocenters. The second kappa shape index (κ2) is 9.31. The predicted octanol–water partition coefficient (Wildman–Crippen LogP) is 4.28. The van der Waals surface area contributed by atoms with Crippen LogP contribution in [0.1, 0.15) is 54.5 Å². The van der Waals surface area contributed by atoms with Crippen molar-refractivity contribution in [3.05, 3.63) is 64.7 Å². The molecule has 1 aliphatic rings. The first-order valence-electron chi connectivity index (χ1n) is 10.7. The normalized spacial score (nSPS) is 16.9. The minimum atomic E-state index is -3.51. The SMILES string of the molecule is CC[C@@H](NC(=O)C1CCN(S(=O)(=O)c2ccc(C)cc2)CC1)c1ccc(C)c(C)c1. The number of piperidine rings is 1. The van der Waals surface area contributed by atoms with Crippen LogP contribution in [0.15, 0.2) is 47.4 Å². The summed E-state index contributed by atoms with van der Waals surface area (Å²) in [4.78, 5) is 13.2. The second-order valence-electron chi connectivity index (χ2n) is 8.30. The Kier molecular flexibility index (Phi) is 6.98. The van der Waals surface area contributed by atoms with Crippen molar-refractivity contribution in [2.75, 3.05) is 13.1 Å². The number of sulfonamides is 1. The Morgan fingerprint density at radius 1 is 1.03 bits per heavy atom. The van der Waals surface area contributed by atoms with Crippen LogP contribution in [-0.4, -0.2) is 31.7 Å². The van der Waals surface area contributed by atoms with Gasteiger partial charge in [0, 0.05) is 19.0 Å². The van der Waals surface area contributed by atoms with Gasteiger partial charge in [-0.25, -0.2) is 8.42 Å². The van der Waals surface area contributed by atoms with E-state index in [1.807, 2.05) is 19.1 Å². The fraction of sp³-hybridized carbons (Fsp3) is 0.458. The topological polar surface area (TPSA) is 66.5 Å². The van der Waals surface area contributed by atoms with Gasteiger partial charge in [0.25, 0.3) is 0 Å².